The number of amides is 1. The van der Waals surface area contributed by atoms with E-state index in [1.807, 2.05) is 20.8 Å². The van der Waals surface area contributed by atoms with Crippen LogP contribution in [0.5, 0.6) is 0 Å². The second-order valence-corrected chi connectivity index (χ2v) is 4.74. The van der Waals surface area contributed by atoms with Gasteiger partial charge in [-0.3, -0.25) is 9.78 Å². The molecular formula is C11H14N4O. The van der Waals surface area contributed by atoms with Gasteiger partial charge in [0.05, 0.1) is 18.3 Å². The van der Waals surface area contributed by atoms with E-state index in [-0.39, 0.29) is 11.3 Å². The number of nitrogens with zero attached hydrogens (tertiary/aromatic N) is 4. The summed E-state index contributed by atoms with van der Waals surface area (Å²) in [6.07, 6.45) is 5.01. The maximum absolute atomic E-state index is 11.8. The average Bonchev–Trinajstić information content (AvgIpc) is 2.61. The van der Waals surface area contributed by atoms with Crippen molar-refractivity contribution >= 4 is 17.4 Å². The summed E-state index contributed by atoms with van der Waals surface area (Å²) < 4.78 is 0. The van der Waals surface area contributed by atoms with Crippen LogP contribution in [0.1, 0.15) is 27.2 Å². The summed E-state index contributed by atoms with van der Waals surface area (Å²) in [5, 5.41) is 5.64. The van der Waals surface area contributed by atoms with Crippen molar-refractivity contribution in [2.45, 2.75) is 27.2 Å². The van der Waals surface area contributed by atoms with Gasteiger partial charge in [0, 0.05) is 17.8 Å². The normalized spacial score (nSPS) is 16.6. The summed E-state index contributed by atoms with van der Waals surface area (Å²) in [4.78, 5) is 19.8. The van der Waals surface area contributed by atoms with E-state index in [2.05, 4.69) is 15.1 Å². The van der Waals surface area contributed by atoms with Crippen LogP contribution in [0.25, 0.3) is 0 Å². The number of hydrogen-bond donors (Lipinski definition) is 0. The van der Waals surface area contributed by atoms with Crippen molar-refractivity contribution < 1.29 is 4.79 Å². The van der Waals surface area contributed by atoms with Crippen LogP contribution in [0.15, 0.2) is 23.7 Å². The molecule has 2 heterocycles. The summed E-state index contributed by atoms with van der Waals surface area (Å²) in [6.45, 7) is 6.12. The molecule has 0 N–H and O–H groups in total. The van der Waals surface area contributed by atoms with Crippen LogP contribution in [-0.4, -0.2) is 21.6 Å². The molecule has 16 heavy (non-hydrogen) atoms. The topological polar surface area (TPSA) is 58.5 Å². The summed E-state index contributed by atoms with van der Waals surface area (Å²) in [6, 6.07) is 0. The molecule has 1 aliphatic heterocycles. The van der Waals surface area contributed by atoms with E-state index in [1.165, 1.54) is 11.2 Å². The molecule has 0 unspecified atom stereocenters. The predicted octanol–water partition coefficient (Wildman–Crippen LogP) is 1.62. The zero-order valence-corrected chi connectivity index (χ0v) is 9.64. The van der Waals surface area contributed by atoms with Crippen molar-refractivity contribution in [1.82, 2.24) is 9.97 Å². The molecule has 1 aromatic rings. The lowest BCUT2D eigenvalue weighted by Crippen LogP contribution is -2.21. The van der Waals surface area contributed by atoms with Gasteiger partial charge in [0.2, 0.25) is 0 Å². The number of hydrazone groups is 1. The average molecular weight is 218 g/mol. The van der Waals surface area contributed by atoms with Gasteiger partial charge < -0.3 is 0 Å². The van der Waals surface area contributed by atoms with E-state index in [9.17, 15) is 4.79 Å². The first-order valence-electron chi connectivity index (χ1n) is 5.15. The summed E-state index contributed by atoms with van der Waals surface area (Å²) in [5.41, 5.74) is 0.787. The molecule has 1 aliphatic rings. The van der Waals surface area contributed by atoms with Crippen molar-refractivity contribution in [1.29, 1.82) is 0 Å². The Hall–Kier alpha value is -1.78. The standard InChI is InChI=1S/C11H14N4O/c1-11(2,3)8-6-10(16)15(14-8)9-7-12-4-5-13-9/h4-5,7H,6H2,1-3H3. The largest absolute Gasteiger partial charge is 0.272 e. The number of hydrogen-bond acceptors (Lipinski definition) is 4. The summed E-state index contributed by atoms with van der Waals surface area (Å²) in [5.74, 6) is 0.428. The zero-order chi connectivity index (χ0) is 11.8. The maximum atomic E-state index is 11.8. The molecule has 84 valence electrons. The maximum Gasteiger partial charge on any atom is 0.254 e. The zero-order valence-electron chi connectivity index (χ0n) is 9.64. The molecule has 5 nitrogen and oxygen atoms in total. The molecule has 1 amide bonds. The van der Waals surface area contributed by atoms with Gasteiger partial charge in [-0.2, -0.15) is 10.1 Å². The van der Waals surface area contributed by atoms with Crippen LogP contribution in [0.2, 0.25) is 0 Å². The third kappa shape index (κ3) is 1.93. The van der Waals surface area contributed by atoms with Crippen molar-refractivity contribution in [3.63, 3.8) is 0 Å². The Bertz CT molecular complexity index is 433. The fraction of sp³-hybridized carbons (Fsp3) is 0.455. The van der Waals surface area contributed by atoms with E-state index in [1.54, 1.807) is 12.4 Å². The second-order valence-electron chi connectivity index (χ2n) is 4.74. The number of anilines is 1. The van der Waals surface area contributed by atoms with Crippen molar-refractivity contribution in [3.05, 3.63) is 18.6 Å². The van der Waals surface area contributed by atoms with Gasteiger partial charge in [-0.15, -0.1) is 0 Å². The highest BCUT2D eigenvalue weighted by atomic mass is 16.2. The molecule has 0 aromatic carbocycles. The molecule has 0 atom stereocenters. The quantitative estimate of drug-likeness (QED) is 0.719. The molecular weight excluding hydrogens is 204 g/mol. The van der Waals surface area contributed by atoms with Crippen LogP contribution in [0.4, 0.5) is 5.82 Å². The smallest absolute Gasteiger partial charge is 0.254 e. The molecule has 0 saturated heterocycles. The highest BCUT2D eigenvalue weighted by Gasteiger charge is 2.32. The molecule has 0 saturated carbocycles. The van der Waals surface area contributed by atoms with E-state index >= 15 is 0 Å². The Labute approximate surface area is 94.2 Å². The Morgan fingerprint density at radius 1 is 1.31 bits per heavy atom. The Balaban J connectivity index is 2.31. The third-order valence-electron chi connectivity index (χ3n) is 2.41. The van der Waals surface area contributed by atoms with Gasteiger partial charge in [0.1, 0.15) is 0 Å². The third-order valence-corrected chi connectivity index (χ3v) is 2.41. The first-order chi connectivity index (χ1) is 7.48. The highest BCUT2D eigenvalue weighted by Crippen LogP contribution is 2.26. The number of rotatable bonds is 1. The highest BCUT2D eigenvalue weighted by molar-refractivity contribution is 6.14. The van der Waals surface area contributed by atoms with Crippen LogP contribution < -0.4 is 5.01 Å². The van der Waals surface area contributed by atoms with Gasteiger partial charge in [-0.25, -0.2) is 4.98 Å². The molecule has 5 heteroatoms. The number of aromatic nitrogens is 2. The van der Waals surface area contributed by atoms with Crippen LogP contribution >= 0.6 is 0 Å². The van der Waals surface area contributed by atoms with E-state index in [0.717, 1.165) is 5.71 Å². The Morgan fingerprint density at radius 3 is 2.56 bits per heavy atom. The van der Waals surface area contributed by atoms with Crippen LogP contribution in [-0.2, 0) is 4.79 Å². The first kappa shape index (κ1) is 10.7. The summed E-state index contributed by atoms with van der Waals surface area (Å²) in [7, 11) is 0. The lowest BCUT2D eigenvalue weighted by atomic mass is 9.88. The minimum absolute atomic E-state index is 0.0505. The SMILES string of the molecule is CC(C)(C)C1=NN(c2cnccn2)C(=O)C1. The number of carbonyl (C=O) groups is 1. The molecule has 0 fully saturated rings. The Kier molecular flexibility index (Phi) is 2.46. The summed E-state index contributed by atoms with van der Waals surface area (Å²) >= 11 is 0. The van der Waals surface area contributed by atoms with Gasteiger partial charge in [0.15, 0.2) is 5.82 Å². The second kappa shape index (κ2) is 3.66. The molecule has 0 spiro atoms. The van der Waals surface area contributed by atoms with Gasteiger partial charge in [-0.05, 0) is 0 Å². The van der Waals surface area contributed by atoms with Crippen molar-refractivity contribution in [2.24, 2.45) is 10.5 Å². The fourth-order valence-corrected chi connectivity index (χ4v) is 1.42. The van der Waals surface area contributed by atoms with E-state index in [0.29, 0.717) is 12.2 Å². The number of carbonyl (C=O) groups excluding carboxylic acids is 1. The predicted molar refractivity (Wildman–Crippen MR) is 61.0 cm³/mol. The van der Waals surface area contributed by atoms with E-state index < -0.39 is 0 Å². The minimum Gasteiger partial charge on any atom is -0.272 e. The minimum atomic E-state index is -0.0907. The monoisotopic (exact) mass is 218 g/mol. The molecule has 1 aromatic heterocycles. The molecule has 0 aliphatic carbocycles. The first-order valence-corrected chi connectivity index (χ1v) is 5.15. The van der Waals surface area contributed by atoms with Crippen molar-refractivity contribution in [2.75, 3.05) is 5.01 Å². The van der Waals surface area contributed by atoms with Crippen LogP contribution in [0, 0.1) is 5.41 Å². The lowest BCUT2D eigenvalue weighted by Gasteiger charge is -2.16. The van der Waals surface area contributed by atoms with E-state index in [4.69, 9.17) is 0 Å². The van der Waals surface area contributed by atoms with Gasteiger partial charge in [-0.1, -0.05) is 20.8 Å². The molecule has 0 bridgehead atoms. The molecule has 0 radical (unpaired) electrons. The van der Waals surface area contributed by atoms with Crippen LogP contribution in [0.3, 0.4) is 0 Å². The van der Waals surface area contributed by atoms with Gasteiger partial charge >= 0.3 is 0 Å². The Morgan fingerprint density at radius 2 is 2.06 bits per heavy atom. The fourth-order valence-electron chi connectivity index (χ4n) is 1.42. The van der Waals surface area contributed by atoms with Gasteiger partial charge in [0.25, 0.3) is 5.91 Å². The van der Waals surface area contributed by atoms with Crippen molar-refractivity contribution in [3.8, 4) is 0 Å². The lowest BCUT2D eigenvalue weighted by molar-refractivity contribution is -0.117. The molecule has 2 rings (SSSR count).